The van der Waals surface area contributed by atoms with E-state index in [2.05, 4.69) is 42.4 Å². The van der Waals surface area contributed by atoms with Gasteiger partial charge in [-0.25, -0.2) is 0 Å². The number of para-hydroxylation sites is 2. The van der Waals surface area contributed by atoms with Crippen LogP contribution in [0.3, 0.4) is 0 Å². The van der Waals surface area contributed by atoms with Crippen molar-refractivity contribution in [3.63, 3.8) is 0 Å². The van der Waals surface area contributed by atoms with E-state index in [1.54, 1.807) is 0 Å². The lowest BCUT2D eigenvalue weighted by Crippen LogP contribution is -2.36. The molecule has 0 aliphatic carbocycles. The Balaban J connectivity index is 0.00000156. The molecule has 0 radical (unpaired) electrons. The van der Waals surface area contributed by atoms with Crippen LogP contribution in [-0.2, 0) is 4.79 Å². The number of fused-ring (bicyclic) bond motifs is 1. The summed E-state index contributed by atoms with van der Waals surface area (Å²) < 4.78 is 0. The number of carbonyl (C=O) groups excluding carboxylic acids is 1. The minimum absolute atomic E-state index is 0. The van der Waals surface area contributed by atoms with E-state index in [4.69, 9.17) is 0 Å². The quantitative estimate of drug-likeness (QED) is 0.857. The van der Waals surface area contributed by atoms with Gasteiger partial charge >= 0.3 is 0 Å². The second-order valence-corrected chi connectivity index (χ2v) is 7.08. The van der Waals surface area contributed by atoms with Gasteiger partial charge in [0.2, 0.25) is 5.91 Å². The van der Waals surface area contributed by atoms with Crippen molar-refractivity contribution in [2.45, 2.75) is 32.6 Å². The van der Waals surface area contributed by atoms with Crippen LogP contribution in [-0.4, -0.2) is 39.1 Å². The molecule has 2 aliphatic heterocycles. The van der Waals surface area contributed by atoms with Crippen molar-refractivity contribution in [1.82, 2.24) is 5.32 Å². The van der Waals surface area contributed by atoms with Crippen LogP contribution in [0.5, 0.6) is 0 Å². The van der Waals surface area contributed by atoms with Crippen molar-refractivity contribution < 1.29 is 4.79 Å². The number of anilines is 2. The van der Waals surface area contributed by atoms with Crippen LogP contribution in [0.15, 0.2) is 24.3 Å². The lowest BCUT2D eigenvalue weighted by Gasteiger charge is -2.30. The third-order valence-electron chi connectivity index (χ3n) is 5.45. The first-order valence-electron chi connectivity index (χ1n) is 8.98. The van der Waals surface area contributed by atoms with Gasteiger partial charge in [-0.15, -0.1) is 24.8 Å². The molecule has 1 amide bonds. The maximum absolute atomic E-state index is 13.0. The number of amides is 1. The summed E-state index contributed by atoms with van der Waals surface area (Å²) in [6, 6.07) is 8.30. The third-order valence-corrected chi connectivity index (χ3v) is 5.45. The Morgan fingerprint density at radius 3 is 2.48 bits per heavy atom. The van der Waals surface area contributed by atoms with Gasteiger partial charge in [-0.1, -0.05) is 19.1 Å². The third kappa shape index (κ3) is 5.25. The first-order valence-corrected chi connectivity index (χ1v) is 8.98. The molecule has 1 unspecified atom stereocenters. The monoisotopic (exact) mass is 387 g/mol. The molecule has 142 valence electrons. The predicted molar refractivity (Wildman–Crippen MR) is 111 cm³/mol. The van der Waals surface area contributed by atoms with Gasteiger partial charge in [-0.05, 0) is 56.3 Å². The Kier molecular flexibility index (Phi) is 9.04. The normalized spacial score (nSPS) is 19.1. The zero-order valence-electron chi connectivity index (χ0n) is 15.2. The van der Waals surface area contributed by atoms with E-state index < -0.39 is 0 Å². The number of rotatable bonds is 3. The highest BCUT2D eigenvalue weighted by atomic mass is 35.5. The highest BCUT2D eigenvalue weighted by Gasteiger charge is 2.27. The number of nitrogens with one attached hydrogen (secondary N) is 1. The summed E-state index contributed by atoms with van der Waals surface area (Å²) in [4.78, 5) is 17.3. The molecular weight excluding hydrogens is 357 g/mol. The predicted octanol–water partition coefficient (Wildman–Crippen LogP) is 3.73. The topological polar surface area (TPSA) is 35.6 Å². The largest absolute Gasteiger partial charge is 0.373 e. The number of halogens is 2. The van der Waals surface area contributed by atoms with Crippen LogP contribution in [0.1, 0.15) is 32.6 Å². The standard InChI is InChI=1S/C19H29N3O.2ClH/c1-15(16-8-10-20-11-9-16)14-19(23)22-13-5-12-21(2)17-6-3-4-7-18(17)22;;/h3-4,6-7,15-16,20H,5,8-14H2,1-2H3;2*1H. The molecule has 0 saturated carbocycles. The van der Waals surface area contributed by atoms with Gasteiger partial charge in [0.1, 0.15) is 0 Å². The fraction of sp³-hybridized carbons (Fsp3) is 0.632. The molecule has 2 aliphatic rings. The zero-order chi connectivity index (χ0) is 16.2. The van der Waals surface area contributed by atoms with E-state index in [1.165, 1.54) is 18.5 Å². The van der Waals surface area contributed by atoms with Crippen LogP contribution < -0.4 is 15.1 Å². The summed E-state index contributed by atoms with van der Waals surface area (Å²) in [7, 11) is 2.12. The van der Waals surface area contributed by atoms with Crippen LogP contribution in [0.2, 0.25) is 0 Å². The van der Waals surface area contributed by atoms with Crippen LogP contribution >= 0.6 is 24.8 Å². The maximum atomic E-state index is 13.0. The molecule has 25 heavy (non-hydrogen) atoms. The van der Waals surface area contributed by atoms with Crippen LogP contribution in [0.4, 0.5) is 11.4 Å². The number of hydrogen-bond acceptors (Lipinski definition) is 3. The Bertz CT molecular complexity index is 549. The van der Waals surface area contributed by atoms with Crippen molar-refractivity contribution in [2.75, 3.05) is 43.0 Å². The van der Waals surface area contributed by atoms with Gasteiger partial charge in [-0.3, -0.25) is 4.79 Å². The molecular formula is C19H31Cl2N3O. The SMILES string of the molecule is CC(CC(=O)N1CCCN(C)c2ccccc21)C1CCNCC1.Cl.Cl. The van der Waals surface area contributed by atoms with E-state index in [9.17, 15) is 4.79 Å². The van der Waals surface area contributed by atoms with Crippen molar-refractivity contribution >= 4 is 42.1 Å². The molecule has 2 heterocycles. The van der Waals surface area contributed by atoms with Crippen molar-refractivity contribution in [3.8, 4) is 0 Å². The molecule has 6 heteroatoms. The highest BCUT2D eigenvalue weighted by Crippen LogP contribution is 2.33. The molecule has 1 N–H and O–H groups in total. The molecule has 3 rings (SSSR count). The van der Waals surface area contributed by atoms with Crippen molar-refractivity contribution in [2.24, 2.45) is 11.8 Å². The Morgan fingerprint density at radius 1 is 1.16 bits per heavy atom. The second-order valence-electron chi connectivity index (χ2n) is 7.08. The van der Waals surface area contributed by atoms with Gasteiger partial charge in [-0.2, -0.15) is 0 Å². The van der Waals surface area contributed by atoms with Gasteiger partial charge in [0, 0.05) is 26.6 Å². The molecule has 1 aromatic carbocycles. The van der Waals surface area contributed by atoms with Crippen LogP contribution in [0, 0.1) is 11.8 Å². The lowest BCUT2D eigenvalue weighted by molar-refractivity contribution is -0.119. The molecule has 4 nitrogen and oxygen atoms in total. The van der Waals surface area contributed by atoms with E-state index in [0.29, 0.717) is 24.2 Å². The summed E-state index contributed by atoms with van der Waals surface area (Å²) in [6.45, 7) is 6.29. The lowest BCUT2D eigenvalue weighted by atomic mass is 9.84. The average Bonchev–Trinajstić information content (AvgIpc) is 2.75. The summed E-state index contributed by atoms with van der Waals surface area (Å²) in [5.74, 6) is 1.45. The number of nitrogens with zero attached hydrogens (tertiary/aromatic N) is 2. The van der Waals surface area contributed by atoms with Crippen molar-refractivity contribution in [1.29, 1.82) is 0 Å². The minimum atomic E-state index is 0. The van der Waals surface area contributed by atoms with Gasteiger partial charge in [0.25, 0.3) is 0 Å². The number of carbonyl (C=O) groups is 1. The number of benzene rings is 1. The molecule has 1 atom stereocenters. The summed E-state index contributed by atoms with van der Waals surface area (Å²) in [5, 5.41) is 3.41. The fourth-order valence-electron chi connectivity index (χ4n) is 3.95. The smallest absolute Gasteiger partial charge is 0.227 e. The molecule has 0 aromatic heterocycles. The molecule has 0 spiro atoms. The number of hydrogen-bond donors (Lipinski definition) is 1. The summed E-state index contributed by atoms with van der Waals surface area (Å²) >= 11 is 0. The average molecular weight is 388 g/mol. The Morgan fingerprint density at radius 2 is 1.80 bits per heavy atom. The van der Waals surface area contributed by atoms with E-state index in [-0.39, 0.29) is 24.8 Å². The van der Waals surface area contributed by atoms with E-state index in [1.807, 2.05) is 11.0 Å². The fourth-order valence-corrected chi connectivity index (χ4v) is 3.95. The van der Waals surface area contributed by atoms with E-state index in [0.717, 1.165) is 38.3 Å². The Hall–Kier alpha value is -0.970. The van der Waals surface area contributed by atoms with Crippen molar-refractivity contribution in [3.05, 3.63) is 24.3 Å². The number of piperidine rings is 1. The molecule has 1 saturated heterocycles. The minimum Gasteiger partial charge on any atom is -0.373 e. The van der Waals surface area contributed by atoms with Gasteiger partial charge in [0.15, 0.2) is 0 Å². The maximum Gasteiger partial charge on any atom is 0.227 e. The van der Waals surface area contributed by atoms with E-state index >= 15 is 0 Å². The van der Waals surface area contributed by atoms with Gasteiger partial charge in [0.05, 0.1) is 11.4 Å². The zero-order valence-corrected chi connectivity index (χ0v) is 16.9. The summed E-state index contributed by atoms with van der Waals surface area (Å²) in [5.41, 5.74) is 2.25. The second kappa shape index (κ2) is 10.2. The molecule has 1 aromatic rings. The first-order chi connectivity index (χ1) is 11.2. The summed E-state index contributed by atoms with van der Waals surface area (Å²) in [6.07, 6.45) is 4.10. The molecule has 1 fully saturated rings. The Labute approximate surface area is 164 Å². The molecule has 0 bridgehead atoms. The van der Waals surface area contributed by atoms with Gasteiger partial charge < -0.3 is 15.1 Å². The highest BCUT2D eigenvalue weighted by molar-refractivity contribution is 5.97. The van der Waals surface area contributed by atoms with Crippen LogP contribution in [0.25, 0.3) is 0 Å². The first kappa shape index (κ1) is 22.1.